The molecule has 0 radical (unpaired) electrons. The van der Waals surface area contributed by atoms with Crippen LogP contribution in [0.2, 0.25) is 5.15 Å². The molecule has 0 atom stereocenters. The third-order valence-corrected chi connectivity index (χ3v) is 4.00. The summed E-state index contributed by atoms with van der Waals surface area (Å²) in [5.74, 6) is 1.03. The molecule has 2 heterocycles. The number of likely N-dealkylation sites (N-methyl/N-ethyl adjacent to an activating group) is 1. The maximum Gasteiger partial charge on any atom is 0.138 e. The lowest BCUT2D eigenvalue weighted by Crippen LogP contribution is -2.46. The molecule has 0 spiro atoms. The Labute approximate surface area is 118 Å². The van der Waals surface area contributed by atoms with E-state index in [4.69, 9.17) is 11.6 Å². The summed E-state index contributed by atoms with van der Waals surface area (Å²) in [6.07, 6.45) is 0. The van der Waals surface area contributed by atoms with Gasteiger partial charge in [-0.1, -0.05) is 42.8 Å². The van der Waals surface area contributed by atoms with Crippen molar-refractivity contribution in [1.82, 2.24) is 9.88 Å². The molecule has 1 aromatic heterocycles. The molecule has 0 N–H and O–H groups in total. The molecule has 0 saturated carbocycles. The highest BCUT2D eigenvalue weighted by atomic mass is 35.5. The van der Waals surface area contributed by atoms with E-state index in [-0.39, 0.29) is 0 Å². The number of piperazine rings is 1. The fraction of sp³-hybridized carbons (Fsp3) is 0.400. The Hall–Kier alpha value is -1.32. The van der Waals surface area contributed by atoms with Gasteiger partial charge in [0.2, 0.25) is 0 Å². The van der Waals surface area contributed by atoms with Gasteiger partial charge >= 0.3 is 0 Å². The van der Waals surface area contributed by atoms with Crippen molar-refractivity contribution < 1.29 is 0 Å². The smallest absolute Gasteiger partial charge is 0.138 e. The summed E-state index contributed by atoms with van der Waals surface area (Å²) in [6.45, 7) is 7.56. The third-order valence-electron chi connectivity index (χ3n) is 3.81. The van der Waals surface area contributed by atoms with E-state index < -0.39 is 0 Å². The molecule has 0 bridgehead atoms. The molecule has 4 heteroatoms. The van der Waals surface area contributed by atoms with Crippen LogP contribution in [0.15, 0.2) is 30.3 Å². The lowest BCUT2D eigenvalue weighted by molar-refractivity contribution is 0.271. The summed E-state index contributed by atoms with van der Waals surface area (Å²) in [5, 5.41) is 2.93. The Balaban J connectivity index is 1.96. The number of nitrogens with zero attached hydrogens (tertiary/aromatic N) is 3. The summed E-state index contributed by atoms with van der Waals surface area (Å²) in [6, 6.07) is 10.2. The molecule has 1 aliphatic heterocycles. The number of hydrogen-bond acceptors (Lipinski definition) is 3. The SMILES string of the molecule is CCN1CCN(c2nc(Cl)cc3ccccc23)CC1. The average molecular weight is 276 g/mol. The first-order valence-electron chi connectivity index (χ1n) is 6.80. The van der Waals surface area contributed by atoms with Gasteiger partial charge in [-0.2, -0.15) is 0 Å². The molecule has 19 heavy (non-hydrogen) atoms. The van der Waals surface area contributed by atoms with Crippen molar-refractivity contribution in [3.63, 3.8) is 0 Å². The normalized spacial score (nSPS) is 17.1. The van der Waals surface area contributed by atoms with Crippen LogP contribution in [0.4, 0.5) is 5.82 Å². The van der Waals surface area contributed by atoms with E-state index in [0.29, 0.717) is 5.15 Å². The standard InChI is InChI=1S/C15H18ClN3/c1-2-18-7-9-19(10-8-18)15-13-6-4-3-5-12(13)11-14(16)17-15/h3-6,11H,2,7-10H2,1H3. The van der Waals surface area contributed by atoms with Crippen molar-refractivity contribution in [1.29, 1.82) is 0 Å². The van der Waals surface area contributed by atoms with Gasteiger partial charge < -0.3 is 9.80 Å². The fourth-order valence-corrected chi connectivity index (χ4v) is 2.86. The van der Waals surface area contributed by atoms with Crippen LogP contribution in [0, 0.1) is 0 Å². The van der Waals surface area contributed by atoms with Crippen molar-refractivity contribution in [2.75, 3.05) is 37.6 Å². The highest BCUT2D eigenvalue weighted by molar-refractivity contribution is 6.30. The van der Waals surface area contributed by atoms with Crippen molar-refractivity contribution in [2.45, 2.75) is 6.92 Å². The van der Waals surface area contributed by atoms with Crippen molar-refractivity contribution in [3.05, 3.63) is 35.5 Å². The van der Waals surface area contributed by atoms with Crippen LogP contribution in [-0.4, -0.2) is 42.6 Å². The number of aromatic nitrogens is 1. The van der Waals surface area contributed by atoms with Crippen LogP contribution in [0.5, 0.6) is 0 Å². The second-order valence-electron chi connectivity index (χ2n) is 4.91. The first-order valence-corrected chi connectivity index (χ1v) is 7.18. The summed E-state index contributed by atoms with van der Waals surface area (Å²) in [4.78, 5) is 9.36. The first-order chi connectivity index (χ1) is 9.28. The van der Waals surface area contributed by atoms with Gasteiger partial charge in [0.25, 0.3) is 0 Å². The molecular formula is C15H18ClN3. The van der Waals surface area contributed by atoms with Crippen LogP contribution < -0.4 is 4.90 Å². The first kappa shape index (κ1) is 12.7. The lowest BCUT2D eigenvalue weighted by atomic mass is 10.1. The summed E-state index contributed by atoms with van der Waals surface area (Å²) >= 11 is 6.15. The topological polar surface area (TPSA) is 19.4 Å². The number of pyridine rings is 1. The number of rotatable bonds is 2. The van der Waals surface area contributed by atoms with Crippen LogP contribution in [0.3, 0.4) is 0 Å². The van der Waals surface area contributed by atoms with Gasteiger partial charge in [-0.3, -0.25) is 0 Å². The lowest BCUT2D eigenvalue weighted by Gasteiger charge is -2.35. The largest absolute Gasteiger partial charge is 0.353 e. The van der Waals surface area contributed by atoms with Crippen molar-refractivity contribution in [2.24, 2.45) is 0 Å². The number of hydrogen-bond donors (Lipinski definition) is 0. The molecule has 3 rings (SSSR count). The van der Waals surface area contributed by atoms with E-state index in [2.05, 4.69) is 39.9 Å². The summed E-state index contributed by atoms with van der Waals surface area (Å²) < 4.78 is 0. The minimum absolute atomic E-state index is 0.576. The van der Waals surface area contributed by atoms with Gasteiger partial charge in [0.15, 0.2) is 0 Å². The second kappa shape index (κ2) is 5.35. The van der Waals surface area contributed by atoms with E-state index in [1.165, 1.54) is 5.39 Å². The van der Waals surface area contributed by atoms with Gasteiger partial charge in [0, 0.05) is 31.6 Å². The van der Waals surface area contributed by atoms with Crippen LogP contribution in [0.25, 0.3) is 10.8 Å². The Bertz CT molecular complexity index is 577. The van der Waals surface area contributed by atoms with Gasteiger partial charge in [-0.15, -0.1) is 0 Å². The van der Waals surface area contributed by atoms with Crippen molar-refractivity contribution >= 4 is 28.2 Å². The van der Waals surface area contributed by atoms with E-state index in [1.54, 1.807) is 0 Å². The molecule has 2 aromatic rings. The van der Waals surface area contributed by atoms with Crippen LogP contribution >= 0.6 is 11.6 Å². The van der Waals surface area contributed by atoms with E-state index >= 15 is 0 Å². The molecular weight excluding hydrogens is 258 g/mol. The fourth-order valence-electron chi connectivity index (χ4n) is 2.67. The second-order valence-corrected chi connectivity index (χ2v) is 5.30. The molecule has 1 saturated heterocycles. The Morgan fingerprint density at radius 1 is 1.16 bits per heavy atom. The molecule has 1 aliphatic rings. The van der Waals surface area contributed by atoms with E-state index in [9.17, 15) is 0 Å². The minimum atomic E-state index is 0.576. The van der Waals surface area contributed by atoms with Gasteiger partial charge in [-0.05, 0) is 18.0 Å². The highest BCUT2D eigenvalue weighted by Crippen LogP contribution is 2.28. The van der Waals surface area contributed by atoms with Crippen LogP contribution in [0.1, 0.15) is 6.92 Å². The predicted octanol–water partition coefficient (Wildman–Crippen LogP) is 3.03. The minimum Gasteiger partial charge on any atom is -0.353 e. The van der Waals surface area contributed by atoms with Gasteiger partial charge in [0.05, 0.1) is 0 Å². The summed E-state index contributed by atoms with van der Waals surface area (Å²) in [5.41, 5.74) is 0. The maximum absolute atomic E-state index is 6.15. The molecule has 1 aromatic carbocycles. The average Bonchev–Trinajstić information content (AvgIpc) is 2.46. The third kappa shape index (κ3) is 2.53. The highest BCUT2D eigenvalue weighted by Gasteiger charge is 2.19. The molecule has 100 valence electrons. The maximum atomic E-state index is 6.15. The molecule has 0 unspecified atom stereocenters. The summed E-state index contributed by atoms with van der Waals surface area (Å²) in [7, 11) is 0. The Morgan fingerprint density at radius 3 is 2.63 bits per heavy atom. The van der Waals surface area contributed by atoms with E-state index in [1.807, 2.05) is 12.1 Å². The number of anilines is 1. The predicted molar refractivity (Wildman–Crippen MR) is 81.1 cm³/mol. The zero-order valence-corrected chi connectivity index (χ0v) is 11.9. The van der Waals surface area contributed by atoms with E-state index in [0.717, 1.165) is 43.9 Å². The number of fused-ring (bicyclic) bond motifs is 1. The molecule has 0 aliphatic carbocycles. The molecule has 0 amide bonds. The zero-order valence-electron chi connectivity index (χ0n) is 11.1. The Kier molecular flexibility index (Phi) is 3.58. The molecule has 3 nitrogen and oxygen atoms in total. The number of halogens is 1. The van der Waals surface area contributed by atoms with Gasteiger partial charge in [-0.25, -0.2) is 4.98 Å². The van der Waals surface area contributed by atoms with Gasteiger partial charge in [0.1, 0.15) is 11.0 Å². The monoisotopic (exact) mass is 275 g/mol. The van der Waals surface area contributed by atoms with Crippen LogP contribution in [-0.2, 0) is 0 Å². The Morgan fingerprint density at radius 2 is 1.89 bits per heavy atom. The van der Waals surface area contributed by atoms with Crippen molar-refractivity contribution in [3.8, 4) is 0 Å². The molecule has 1 fully saturated rings. The number of benzene rings is 1. The zero-order chi connectivity index (χ0) is 13.2. The quantitative estimate of drug-likeness (QED) is 0.786.